The highest BCUT2D eigenvalue weighted by atomic mass is 19.3. The standard InChI is InChI=1S/C9H7F2N3O/c10-8(11)4-1-2-5-6(3-4)13-14-7(5)9(12)15/h1-3,8H,(H2,12,15)(H,13,14). The number of alkyl halides is 2. The zero-order valence-electron chi connectivity index (χ0n) is 7.50. The molecule has 0 atom stereocenters. The van der Waals surface area contributed by atoms with E-state index in [0.29, 0.717) is 10.9 Å². The molecule has 1 aromatic carbocycles. The summed E-state index contributed by atoms with van der Waals surface area (Å²) in [4.78, 5) is 10.9. The number of aromatic nitrogens is 2. The summed E-state index contributed by atoms with van der Waals surface area (Å²) in [5.41, 5.74) is 5.37. The van der Waals surface area contributed by atoms with Gasteiger partial charge in [-0.05, 0) is 12.1 Å². The van der Waals surface area contributed by atoms with Gasteiger partial charge in [0.2, 0.25) is 0 Å². The molecule has 2 aromatic rings. The molecule has 3 N–H and O–H groups in total. The molecule has 0 aliphatic rings. The molecule has 0 unspecified atom stereocenters. The van der Waals surface area contributed by atoms with Crippen LogP contribution in [0.15, 0.2) is 18.2 Å². The van der Waals surface area contributed by atoms with Crippen molar-refractivity contribution in [1.29, 1.82) is 0 Å². The van der Waals surface area contributed by atoms with Crippen molar-refractivity contribution >= 4 is 16.8 Å². The summed E-state index contributed by atoms with van der Waals surface area (Å²) in [6.07, 6.45) is -2.55. The molecule has 1 heterocycles. The summed E-state index contributed by atoms with van der Waals surface area (Å²) in [6.45, 7) is 0. The van der Waals surface area contributed by atoms with Crippen molar-refractivity contribution in [3.05, 3.63) is 29.5 Å². The number of rotatable bonds is 2. The lowest BCUT2D eigenvalue weighted by Crippen LogP contribution is -2.11. The average Bonchev–Trinajstić information content (AvgIpc) is 2.59. The summed E-state index contributed by atoms with van der Waals surface area (Å²) >= 11 is 0. The van der Waals surface area contributed by atoms with Crippen molar-refractivity contribution < 1.29 is 13.6 Å². The van der Waals surface area contributed by atoms with Gasteiger partial charge in [0.05, 0.1) is 5.52 Å². The number of nitrogens with two attached hydrogens (primary N) is 1. The van der Waals surface area contributed by atoms with Crippen molar-refractivity contribution in [2.45, 2.75) is 6.43 Å². The first kappa shape index (κ1) is 9.57. The monoisotopic (exact) mass is 211 g/mol. The fraction of sp³-hybridized carbons (Fsp3) is 0.111. The van der Waals surface area contributed by atoms with E-state index in [2.05, 4.69) is 10.2 Å². The molecular weight excluding hydrogens is 204 g/mol. The quantitative estimate of drug-likeness (QED) is 0.791. The zero-order valence-corrected chi connectivity index (χ0v) is 7.50. The number of aromatic amines is 1. The van der Waals surface area contributed by atoms with Gasteiger partial charge < -0.3 is 5.73 Å². The number of carbonyl (C=O) groups excluding carboxylic acids is 1. The van der Waals surface area contributed by atoms with Gasteiger partial charge in [0.25, 0.3) is 12.3 Å². The van der Waals surface area contributed by atoms with E-state index in [0.717, 1.165) is 0 Å². The Morgan fingerprint density at radius 2 is 2.20 bits per heavy atom. The number of amides is 1. The van der Waals surface area contributed by atoms with E-state index in [1.165, 1.54) is 18.2 Å². The van der Waals surface area contributed by atoms with E-state index in [4.69, 9.17) is 5.73 Å². The molecule has 0 aliphatic heterocycles. The van der Waals surface area contributed by atoms with E-state index in [9.17, 15) is 13.6 Å². The van der Waals surface area contributed by atoms with Crippen LogP contribution in [0.25, 0.3) is 10.9 Å². The number of halogens is 2. The van der Waals surface area contributed by atoms with Crippen LogP contribution in [0.1, 0.15) is 22.5 Å². The van der Waals surface area contributed by atoms with E-state index < -0.39 is 12.3 Å². The number of nitrogens with zero attached hydrogens (tertiary/aromatic N) is 1. The van der Waals surface area contributed by atoms with Crippen LogP contribution in [0.4, 0.5) is 8.78 Å². The normalized spacial score (nSPS) is 11.1. The van der Waals surface area contributed by atoms with Crippen LogP contribution < -0.4 is 5.73 Å². The highest BCUT2D eigenvalue weighted by Gasteiger charge is 2.13. The van der Waals surface area contributed by atoms with Gasteiger partial charge in [-0.15, -0.1) is 0 Å². The summed E-state index contributed by atoms with van der Waals surface area (Å²) in [7, 11) is 0. The van der Waals surface area contributed by atoms with E-state index >= 15 is 0 Å². The number of nitrogens with one attached hydrogen (secondary N) is 1. The van der Waals surface area contributed by atoms with Gasteiger partial charge in [-0.1, -0.05) is 6.07 Å². The summed E-state index contributed by atoms with van der Waals surface area (Å²) in [5.74, 6) is -0.689. The molecule has 2 rings (SSSR count). The molecule has 78 valence electrons. The highest BCUT2D eigenvalue weighted by Crippen LogP contribution is 2.23. The third-order valence-corrected chi connectivity index (χ3v) is 2.07. The molecule has 0 aliphatic carbocycles. The number of primary amides is 1. The van der Waals surface area contributed by atoms with Crippen LogP contribution in [-0.2, 0) is 0 Å². The van der Waals surface area contributed by atoms with Gasteiger partial charge in [-0.3, -0.25) is 9.89 Å². The molecule has 0 spiro atoms. The van der Waals surface area contributed by atoms with Gasteiger partial charge in [0.1, 0.15) is 0 Å². The lowest BCUT2D eigenvalue weighted by molar-refractivity contribution is 0.0997. The Labute approximate surface area is 83.1 Å². The second kappa shape index (κ2) is 3.30. The second-order valence-electron chi connectivity index (χ2n) is 3.04. The fourth-order valence-corrected chi connectivity index (χ4v) is 1.36. The third-order valence-electron chi connectivity index (χ3n) is 2.07. The van der Waals surface area contributed by atoms with Crippen molar-refractivity contribution in [3.63, 3.8) is 0 Å². The molecule has 0 saturated heterocycles. The number of benzene rings is 1. The van der Waals surface area contributed by atoms with Crippen molar-refractivity contribution in [3.8, 4) is 0 Å². The topological polar surface area (TPSA) is 71.8 Å². The predicted octanol–water partition coefficient (Wildman–Crippen LogP) is 1.60. The van der Waals surface area contributed by atoms with Crippen LogP contribution in [0, 0.1) is 0 Å². The summed E-state index contributed by atoms with van der Waals surface area (Å²) in [5, 5.41) is 6.58. The number of H-pyrrole nitrogens is 1. The first-order valence-corrected chi connectivity index (χ1v) is 4.15. The molecule has 0 saturated carbocycles. The summed E-state index contributed by atoms with van der Waals surface area (Å²) < 4.78 is 24.7. The van der Waals surface area contributed by atoms with Gasteiger partial charge in [-0.25, -0.2) is 8.78 Å². The van der Waals surface area contributed by atoms with Crippen molar-refractivity contribution in [2.75, 3.05) is 0 Å². The molecule has 6 heteroatoms. The largest absolute Gasteiger partial charge is 0.364 e. The van der Waals surface area contributed by atoms with Crippen molar-refractivity contribution in [2.24, 2.45) is 5.73 Å². The predicted molar refractivity (Wildman–Crippen MR) is 49.6 cm³/mol. The Hall–Kier alpha value is -1.98. The Kier molecular flexibility index (Phi) is 2.11. The number of fused-ring (bicyclic) bond motifs is 1. The van der Waals surface area contributed by atoms with Gasteiger partial charge in [-0.2, -0.15) is 5.10 Å². The minimum Gasteiger partial charge on any atom is -0.364 e. The fourth-order valence-electron chi connectivity index (χ4n) is 1.36. The molecular formula is C9H7F2N3O. The molecule has 0 radical (unpaired) electrons. The van der Waals surface area contributed by atoms with Crippen LogP contribution in [0.3, 0.4) is 0 Å². The molecule has 4 nitrogen and oxygen atoms in total. The SMILES string of the molecule is NC(=O)c1n[nH]c2cc(C(F)F)ccc12. The molecule has 1 amide bonds. The maximum Gasteiger partial charge on any atom is 0.269 e. The zero-order chi connectivity index (χ0) is 11.0. The number of carbonyl (C=O) groups is 1. The van der Waals surface area contributed by atoms with E-state index in [1.807, 2.05) is 0 Å². The molecule has 0 fully saturated rings. The van der Waals surface area contributed by atoms with E-state index in [1.54, 1.807) is 0 Å². The minimum absolute atomic E-state index is 0.0609. The van der Waals surface area contributed by atoms with Crippen molar-refractivity contribution in [1.82, 2.24) is 10.2 Å². The van der Waals surface area contributed by atoms with Crippen LogP contribution in [0.5, 0.6) is 0 Å². The lowest BCUT2D eigenvalue weighted by atomic mass is 10.1. The second-order valence-corrected chi connectivity index (χ2v) is 3.04. The maximum atomic E-state index is 12.3. The van der Waals surface area contributed by atoms with Crippen LogP contribution >= 0.6 is 0 Å². The Morgan fingerprint density at radius 3 is 2.80 bits per heavy atom. The first-order valence-electron chi connectivity index (χ1n) is 4.15. The average molecular weight is 211 g/mol. The van der Waals surface area contributed by atoms with Gasteiger partial charge in [0, 0.05) is 10.9 Å². The Balaban J connectivity index is 2.61. The molecule has 0 bridgehead atoms. The van der Waals surface area contributed by atoms with E-state index in [-0.39, 0.29) is 11.3 Å². The third kappa shape index (κ3) is 1.54. The Bertz CT molecular complexity index is 521. The smallest absolute Gasteiger partial charge is 0.269 e. The first-order chi connectivity index (χ1) is 7.09. The Morgan fingerprint density at radius 1 is 1.47 bits per heavy atom. The van der Waals surface area contributed by atoms with Gasteiger partial charge >= 0.3 is 0 Å². The summed E-state index contributed by atoms with van der Waals surface area (Å²) in [6, 6.07) is 3.90. The number of hydrogen-bond acceptors (Lipinski definition) is 2. The maximum absolute atomic E-state index is 12.3. The van der Waals surface area contributed by atoms with Crippen LogP contribution in [0.2, 0.25) is 0 Å². The van der Waals surface area contributed by atoms with Gasteiger partial charge in [0.15, 0.2) is 5.69 Å². The van der Waals surface area contributed by atoms with Crippen LogP contribution in [-0.4, -0.2) is 16.1 Å². The molecule has 1 aromatic heterocycles. The highest BCUT2D eigenvalue weighted by molar-refractivity contribution is 6.03. The number of hydrogen-bond donors (Lipinski definition) is 2. The minimum atomic E-state index is -2.55. The lowest BCUT2D eigenvalue weighted by Gasteiger charge is -1.98. The molecule has 15 heavy (non-hydrogen) atoms.